The minimum atomic E-state index is -0.529. The molecule has 2 aromatic heterocycles. The number of hydrogen-bond donors (Lipinski definition) is 0. The normalized spacial score (nSPS) is 10.1. The molecule has 16 heavy (non-hydrogen) atoms. The molecule has 4 heteroatoms. The van der Waals surface area contributed by atoms with Crippen LogP contribution in [0.2, 0.25) is 0 Å². The van der Waals surface area contributed by atoms with Crippen LogP contribution in [-0.2, 0) is 0 Å². The largest absolute Gasteiger partial charge is 0.287 e. The molecule has 0 bridgehead atoms. The molecule has 0 amide bonds. The summed E-state index contributed by atoms with van der Waals surface area (Å²) >= 11 is 0. The third-order valence-electron chi connectivity index (χ3n) is 2.09. The van der Waals surface area contributed by atoms with Crippen molar-refractivity contribution in [2.75, 3.05) is 0 Å². The highest BCUT2D eigenvalue weighted by molar-refractivity contribution is 6.07. The fourth-order valence-electron chi connectivity index (χ4n) is 1.35. The lowest BCUT2D eigenvalue weighted by Crippen LogP contribution is -2.05. The number of hydrogen-bond acceptors (Lipinski definition) is 3. The van der Waals surface area contributed by atoms with Gasteiger partial charge in [-0.2, -0.15) is 0 Å². The highest BCUT2D eigenvalue weighted by atomic mass is 19.1. The second-order valence-corrected chi connectivity index (χ2v) is 3.39. The first-order chi connectivity index (χ1) is 7.66. The number of rotatable bonds is 2. The topological polar surface area (TPSA) is 42.9 Å². The monoisotopic (exact) mass is 216 g/mol. The zero-order valence-corrected chi connectivity index (χ0v) is 8.64. The van der Waals surface area contributed by atoms with Gasteiger partial charge in [-0.15, -0.1) is 0 Å². The van der Waals surface area contributed by atoms with Crippen molar-refractivity contribution in [3.63, 3.8) is 0 Å². The molecule has 0 spiro atoms. The number of carbonyl (C=O) groups excluding carboxylic acids is 1. The van der Waals surface area contributed by atoms with Crippen LogP contribution in [0.5, 0.6) is 0 Å². The SMILES string of the molecule is Cc1cccc(C(=O)c2cncc(F)c2)n1. The number of aromatic nitrogens is 2. The lowest BCUT2D eigenvalue weighted by Gasteiger charge is -2.00. The van der Waals surface area contributed by atoms with Crippen molar-refractivity contribution >= 4 is 5.78 Å². The van der Waals surface area contributed by atoms with E-state index in [2.05, 4.69) is 9.97 Å². The van der Waals surface area contributed by atoms with Crippen molar-refractivity contribution < 1.29 is 9.18 Å². The van der Waals surface area contributed by atoms with Crippen LogP contribution in [0.15, 0.2) is 36.7 Å². The van der Waals surface area contributed by atoms with Gasteiger partial charge in [0.25, 0.3) is 0 Å². The quantitative estimate of drug-likeness (QED) is 0.722. The molecule has 80 valence electrons. The number of nitrogens with zero attached hydrogens (tertiary/aromatic N) is 2. The van der Waals surface area contributed by atoms with E-state index in [1.807, 2.05) is 0 Å². The van der Waals surface area contributed by atoms with E-state index in [1.54, 1.807) is 25.1 Å². The number of aryl methyl sites for hydroxylation is 1. The van der Waals surface area contributed by atoms with Crippen molar-refractivity contribution in [2.45, 2.75) is 6.92 Å². The average Bonchev–Trinajstić information content (AvgIpc) is 2.28. The van der Waals surface area contributed by atoms with E-state index in [1.165, 1.54) is 6.20 Å². The Kier molecular flexibility index (Phi) is 2.72. The molecule has 0 saturated carbocycles. The lowest BCUT2D eigenvalue weighted by atomic mass is 10.1. The van der Waals surface area contributed by atoms with Crippen LogP contribution in [0.4, 0.5) is 4.39 Å². The van der Waals surface area contributed by atoms with Crippen LogP contribution in [0, 0.1) is 12.7 Å². The van der Waals surface area contributed by atoms with Crippen molar-refractivity contribution in [1.82, 2.24) is 9.97 Å². The zero-order valence-electron chi connectivity index (χ0n) is 8.64. The Morgan fingerprint density at radius 1 is 1.31 bits per heavy atom. The van der Waals surface area contributed by atoms with Crippen molar-refractivity contribution in [2.24, 2.45) is 0 Å². The summed E-state index contributed by atoms with van der Waals surface area (Å²) < 4.78 is 12.9. The van der Waals surface area contributed by atoms with Gasteiger partial charge < -0.3 is 0 Å². The second kappa shape index (κ2) is 4.18. The van der Waals surface area contributed by atoms with Gasteiger partial charge in [0.1, 0.15) is 11.5 Å². The second-order valence-electron chi connectivity index (χ2n) is 3.39. The molecular weight excluding hydrogens is 207 g/mol. The molecule has 0 N–H and O–H groups in total. The molecule has 3 nitrogen and oxygen atoms in total. The minimum Gasteiger partial charge on any atom is -0.287 e. The molecule has 0 saturated heterocycles. The Bertz CT molecular complexity index is 493. The number of ketones is 1. The third kappa shape index (κ3) is 2.11. The maximum absolute atomic E-state index is 12.9. The predicted octanol–water partition coefficient (Wildman–Crippen LogP) is 2.16. The van der Waals surface area contributed by atoms with Crippen LogP contribution in [0.1, 0.15) is 21.7 Å². The van der Waals surface area contributed by atoms with E-state index in [-0.39, 0.29) is 11.3 Å². The maximum Gasteiger partial charge on any atom is 0.212 e. The fraction of sp³-hybridized carbons (Fsp3) is 0.0833. The molecule has 0 aliphatic rings. The molecule has 0 aliphatic heterocycles. The van der Waals surface area contributed by atoms with Gasteiger partial charge >= 0.3 is 0 Å². The number of halogens is 1. The summed E-state index contributed by atoms with van der Waals surface area (Å²) in [6.45, 7) is 1.79. The number of pyridine rings is 2. The van der Waals surface area contributed by atoms with E-state index in [0.717, 1.165) is 18.0 Å². The summed E-state index contributed by atoms with van der Waals surface area (Å²) in [5.41, 5.74) is 1.25. The third-order valence-corrected chi connectivity index (χ3v) is 2.09. The van der Waals surface area contributed by atoms with Crippen molar-refractivity contribution in [3.05, 3.63) is 59.4 Å². The molecule has 2 heterocycles. The predicted molar refractivity (Wildman–Crippen MR) is 56.6 cm³/mol. The highest BCUT2D eigenvalue weighted by Gasteiger charge is 2.11. The van der Waals surface area contributed by atoms with Crippen LogP contribution >= 0.6 is 0 Å². The number of carbonyl (C=O) groups is 1. The van der Waals surface area contributed by atoms with E-state index < -0.39 is 5.82 Å². The molecule has 0 radical (unpaired) electrons. The lowest BCUT2D eigenvalue weighted by molar-refractivity contribution is 0.103. The van der Waals surface area contributed by atoms with Crippen LogP contribution in [0.3, 0.4) is 0 Å². The Balaban J connectivity index is 2.39. The average molecular weight is 216 g/mol. The maximum atomic E-state index is 12.9. The van der Waals surface area contributed by atoms with Gasteiger partial charge in [0.2, 0.25) is 5.78 Å². The first-order valence-electron chi connectivity index (χ1n) is 4.76. The van der Waals surface area contributed by atoms with Gasteiger partial charge in [0.15, 0.2) is 0 Å². The molecule has 2 rings (SSSR count). The van der Waals surface area contributed by atoms with Gasteiger partial charge in [-0.25, -0.2) is 9.37 Å². The van der Waals surface area contributed by atoms with Gasteiger partial charge in [0, 0.05) is 17.5 Å². The minimum absolute atomic E-state index is 0.207. The van der Waals surface area contributed by atoms with Gasteiger partial charge in [-0.3, -0.25) is 9.78 Å². The fourth-order valence-corrected chi connectivity index (χ4v) is 1.35. The summed E-state index contributed by atoms with van der Waals surface area (Å²) in [6, 6.07) is 6.28. The van der Waals surface area contributed by atoms with E-state index in [4.69, 9.17) is 0 Å². The highest BCUT2D eigenvalue weighted by Crippen LogP contribution is 2.08. The summed E-state index contributed by atoms with van der Waals surface area (Å²) in [5.74, 6) is -0.853. The first-order valence-corrected chi connectivity index (χ1v) is 4.76. The Morgan fingerprint density at radius 2 is 2.12 bits per heavy atom. The van der Waals surface area contributed by atoms with Crippen LogP contribution in [0.25, 0.3) is 0 Å². The Morgan fingerprint density at radius 3 is 2.81 bits per heavy atom. The van der Waals surface area contributed by atoms with Gasteiger partial charge in [0.05, 0.1) is 6.20 Å². The molecule has 2 aromatic rings. The van der Waals surface area contributed by atoms with E-state index in [9.17, 15) is 9.18 Å². The standard InChI is InChI=1S/C12H9FN2O/c1-8-3-2-4-11(15-8)12(16)9-5-10(13)7-14-6-9/h2-7H,1H3. The van der Waals surface area contributed by atoms with Gasteiger partial charge in [-0.05, 0) is 25.1 Å². The molecule has 0 unspecified atom stereocenters. The molecule has 0 fully saturated rings. The Labute approximate surface area is 92.0 Å². The van der Waals surface area contributed by atoms with Crippen LogP contribution < -0.4 is 0 Å². The summed E-state index contributed by atoms with van der Waals surface area (Å²) in [7, 11) is 0. The molecule has 0 atom stereocenters. The summed E-state index contributed by atoms with van der Waals surface area (Å²) in [5, 5.41) is 0. The van der Waals surface area contributed by atoms with E-state index >= 15 is 0 Å². The van der Waals surface area contributed by atoms with Crippen molar-refractivity contribution in [3.8, 4) is 0 Å². The van der Waals surface area contributed by atoms with E-state index in [0.29, 0.717) is 5.69 Å². The summed E-state index contributed by atoms with van der Waals surface area (Å²) in [6.07, 6.45) is 2.38. The van der Waals surface area contributed by atoms with Gasteiger partial charge in [-0.1, -0.05) is 6.07 Å². The molecule has 0 aliphatic carbocycles. The zero-order chi connectivity index (χ0) is 11.5. The Hall–Kier alpha value is -2.10. The molecular formula is C12H9FN2O. The summed E-state index contributed by atoms with van der Waals surface area (Å²) in [4.78, 5) is 19.6. The van der Waals surface area contributed by atoms with Crippen LogP contribution in [-0.4, -0.2) is 15.8 Å². The first kappa shape index (κ1) is 10.4. The smallest absolute Gasteiger partial charge is 0.212 e. The molecule has 0 aromatic carbocycles. The van der Waals surface area contributed by atoms with Crippen molar-refractivity contribution in [1.29, 1.82) is 0 Å².